The molecule has 3 nitrogen and oxygen atoms in total. The van der Waals surface area contributed by atoms with Crippen molar-refractivity contribution in [3.63, 3.8) is 0 Å². The van der Waals surface area contributed by atoms with Crippen molar-refractivity contribution < 1.29 is 23.1 Å². The smallest absolute Gasteiger partial charge is 0.369 e. The average Bonchev–Trinajstić information content (AvgIpc) is 3.17. The summed E-state index contributed by atoms with van der Waals surface area (Å²) in [4.78, 5) is 13.5. The van der Waals surface area contributed by atoms with E-state index < -0.39 is 29.4 Å². The second-order valence-electron chi connectivity index (χ2n) is 5.58. The number of fused-ring (bicyclic) bond motifs is 1. The number of amides is 1. The quantitative estimate of drug-likeness (QED) is 0.904. The molecular formula is C14H13ClF3NO2. The fourth-order valence-corrected chi connectivity index (χ4v) is 3.12. The Labute approximate surface area is 124 Å². The number of rotatable bonds is 2. The molecule has 1 heterocycles. The number of carbonyl (C=O) groups excluding carboxylic acids is 1. The lowest BCUT2D eigenvalue weighted by atomic mass is 10.0. The first-order valence-electron chi connectivity index (χ1n) is 6.63. The van der Waals surface area contributed by atoms with Gasteiger partial charge in [0.1, 0.15) is 0 Å². The first kappa shape index (κ1) is 14.7. The summed E-state index contributed by atoms with van der Waals surface area (Å²) in [7, 11) is 0. The van der Waals surface area contributed by atoms with E-state index in [0.29, 0.717) is 0 Å². The molecule has 0 aromatic heterocycles. The number of hydrogen-bond donors (Lipinski definition) is 1. The molecule has 1 unspecified atom stereocenters. The van der Waals surface area contributed by atoms with Gasteiger partial charge in [0.05, 0.1) is 11.1 Å². The number of aliphatic hydroxyl groups is 1. The summed E-state index contributed by atoms with van der Waals surface area (Å²) in [6.45, 7) is 1.75. The maximum absolute atomic E-state index is 13.1. The summed E-state index contributed by atoms with van der Waals surface area (Å²) in [5.41, 5.74) is -1.63. The van der Waals surface area contributed by atoms with Gasteiger partial charge in [-0.15, -0.1) is 0 Å². The van der Waals surface area contributed by atoms with Crippen molar-refractivity contribution in [2.24, 2.45) is 5.92 Å². The maximum Gasteiger partial charge on any atom is 0.417 e. The molecule has 0 bridgehead atoms. The van der Waals surface area contributed by atoms with Gasteiger partial charge in [-0.1, -0.05) is 11.6 Å². The minimum Gasteiger partial charge on any atom is -0.369 e. The van der Waals surface area contributed by atoms with Gasteiger partial charge in [-0.05, 0) is 37.8 Å². The Morgan fingerprint density at radius 3 is 2.52 bits per heavy atom. The Morgan fingerprint density at radius 2 is 2.00 bits per heavy atom. The molecule has 1 N–H and O–H groups in total. The van der Waals surface area contributed by atoms with Crippen molar-refractivity contribution in [3.8, 4) is 0 Å². The largest absolute Gasteiger partial charge is 0.417 e. The Bertz CT molecular complexity index is 613. The fourth-order valence-electron chi connectivity index (χ4n) is 2.90. The topological polar surface area (TPSA) is 40.5 Å². The number of carbonyl (C=O) groups is 1. The second kappa shape index (κ2) is 4.61. The monoisotopic (exact) mass is 319 g/mol. The van der Waals surface area contributed by atoms with Gasteiger partial charge in [0.25, 0.3) is 5.91 Å². The number of hydrogen-bond acceptors (Lipinski definition) is 2. The zero-order valence-corrected chi connectivity index (χ0v) is 11.9. The molecule has 1 fully saturated rings. The van der Waals surface area contributed by atoms with E-state index in [1.807, 2.05) is 0 Å². The van der Waals surface area contributed by atoms with Gasteiger partial charge < -0.3 is 10.0 Å². The van der Waals surface area contributed by atoms with Crippen LogP contribution in [-0.2, 0) is 6.18 Å². The van der Waals surface area contributed by atoms with Crippen LogP contribution in [0.15, 0.2) is 12.1 Å². The van der Waals surface area contributed by atoms with Crippen LogP contribution in [0.4, 0.5) is 13.2 Å². The zero-order chi connectivity index (χ0) is 15.5. The predicted molar refractivity (Wildman–Crippen MR) is 69.8 cm³/mol. The number of nitrogens with zero attached hydrogens (tertiary/aromatic N) is 1. The predicted octanol–water partition coefficient (Wildman–Crippen LogP) is 3.60. The van der Waals surface area contributed by atoms with Gasteiger partial charge >= 0.3 is 6.18 Å². The lowest BCUT2D eigenvalue weighted by Crippen LogP contribution is -2.38. The molecule has 0 saturated heterocycles. The molecule has 0 radical (unpaired) electrons. The van der Waals surface area contributed by atoms with Crippen LogP contribution in [-0.4, -0.2) is 22.0 Å². The summed E-state index contributed by atoms with van der Waals surface area (Å²) in [5, 5.41) is 10.1. The average molecular weight is 320 g/mol. The van der Waals surface area contributed by atoms with Crippen LogP contribution in [0, 0.1) is 5.92 Å². The normalized spacial score (nSPS) is 23.4. The molecule has 1 aromatic rings. The van der Waals surface area contributed by atoms with Crippen LogP contribution in [0.2, 0.25) is 5.02 Å². The van der Waals surface area contributed by atoms with E-state index in [1.165, 1.54) is 6.07 Å². The van der Waals surface area contributed by atoms with E-state index >= 15 is 0 Å². The molecule has 3 rings (SSSR count). The Morgan fingerprint density at radius 1 is 1.38 bits per heavy atom. The van der Waals surface area contributed by atoms with Crippen molar-refractivity contribution in [2.75, 3.05) is 0 Å². The van der Waals surface area contributed by atoms with Gasteiger partial charge in [-0.25, -0.2) is 0 Å². The SMILES string of the molecule is C[C@@H](C1CC1)N1C(=O)c2c(cc(Cl)cc2C(F)(F)F)C1O. The van der Waals surface area contributed by atoms with E-state index in [2.05, 4.69) is 0 Å². The van der Waals surface area contributed by atoms with Gasteiger partial charge in [0, 0.05) is 16.6 Å². The van der Waals surface area contributed by atoms with Crippen LogP contribution in [0.1, 0.15) is 47.5 Å². The molecule has 114 valence electrons. The lowest BCUT2D eigenvalue weighted by molar-refractivity contribution is -0.137. The van der Waals surface area contributed by atoms with Crippen LogP contribution in [0.5, 0.6) is 0 Å². The molecule has 1 aliphatic carbocycles. The van der Waals surface area contributed by atoms with Crippen molar-refractivity contribution in [1.29, 1.82) is 0 Å². The first-order valence-corrected chi connectivity index (χ1v) is 7.01. The van der Waals surface area contributed by atoms with Crippen LogP contribution in [0.3, 0.4) is 0 Å². The molecule has 1 aromatic carbocycles. The standard InChI is InChI=1S/C14H13ClF3NO2/c1-6(7-2-3-7)19-12(20)9-4-8(15)5-10(14(16,17)18)11(9)13(19)21/h4-7,12,20H,2-3H2,1H3/t6-,12?/m0/s1. The third-order valence-electron chi connectivity index (χ3n) is 4.17. The van der Waals surface area contributed by atoms with E-state index in [4.69, 9.17) is 11.6 Å². The molecule has 0 spiro atoms. The minimum absolute atomic E-state index is 0.0627. The van der Waals surface area contributed by atoms with Gasteiger partial charge in [0.2, 0.25) is 0 Å². The second-order valence-corrected chi connectivity index (χ2v) is 6.02. The van der Waals surface area contributed by atoms with Crippen molar-refractivity contribution in [1.82, 2.24) is 4.90 Å². The highest BCUT2D eigenvalue weighted by molar-refractivity contribution is 6.31. The number of aliphatic hydroxyl groups excluding tert-OH is 1. The summed E-state index contributed by atoms with van der Waals surface area (Å²) >= 11 is 5.71. The molecule has 2 atom stereocenters. The van der Waals surface area contributed by atoms with E-state index in [9.17, 15) is 23.1 Å². The summed E-state index contributed by atoms with van der Waals surface area (Å²) in [6.07, 6.45) is -4.23. The Hall–Kier alpha value is -1.27. The van der Waals surface area contributed by atoms with Crippen LogP contribution < -0.4 is 0 Å². The van der Waals surface area contributed by atoms with Gasteiger partial charge in [0.15, 0.2) is 6.23 Å². The number of alkyl halides is 3. The molecular weight excluding hydrogens is 307 g/mol. The van der Waals surface area contributed by atoms with E-state index in [0.717, 1.165) is 23.8 Å². The molecule has 7 heteroatoms. The number of benzene rings is 1. The summed E-state index contributed by atoms with van der Waals surface area (Å²) in [6, 6.07) is 1.67. The highest BCUT2D eigenvalue weighted by Crippen LogP contribution is 2.46. The Balaban J connectivity index is 2.11. The maximum atomic E-state index is 13.1. The van der Waals surface area contributed by atoms with Crippen LogP contribution >= 0.6 is 11.6 Å². The molecule has 1 amide bonds. The third kappa shape index (κ3) is 2.30. The van der Waals surface area contributed by atoms with Gasteiger partial charge in [-0.2, -0.15) is 13.2 Å². The van der Waals surface area contributed by atoms with Gasteiger partial charge in [-0.3, -0.25) is 4.79 Å². The zero-order valence-electron chi connectivity index (χ0n) is 11.1. The number of halogens is 4. The third-order valence-corrected chi connectivity index (χ3v) is 4.39. The summed E-state index contributed by atoms with van der Waals surface area (Å²) < 4.78 is 39.3. The first-order chi connectivity index (χ1) is 9.71. The molecule has 21 heavy (non-hydrogen) atoms. The van der Waals surface area contributed by atoms with Crippen molar-refractivity contribution in [3.05, 3.63) is 33.8 Å². The summed E-state index contributed by atoms with van der Waals surface area (Å²) in [5.74, 6) is -0.538. The molecule has 1 aliphatic heterocycles. The fraction of sp³-hybridized carbons (Fsp3) is 0.500. The molecule has 1 saturated carbocycles. The Kier molecular flexibility index (Phi) is 3.22. The van der Waals surface area contributed by atoms with Crippen LogP contribution in [0.25, 0.3) is 0 Å². The van der Waals surface area contributed by atoms with Crippen molar-refractivity contribution in [2.45, 2.75) is 38.2 Å². The highest BCUT2D eigenvalue weighted by atomic mass is 35.5. The highest BCUT2D eigenvalue weighted by Gasteiger charge is 2.48. The van der Waals surface area contributed by atoms with E-state index in [1.54, 1.807) is 6.92 Å². The van der Waals surface area contributed by atoms with E-state index in [-0.39, 0.29) is 22.5 Å². The lowest BCUT2D eigenvalue weighted by Gasteiger charge is -2.28. The van der Waals surface area contributed by atoms with Crippen molar-refractivity contribution >= 4 is 17.5 Å². The minimum atomic E-state index is -4.69. The molecule has 2 aliphatic rings.